The summed E-state index contributed by atoms with van der Waals surface area (Å²) in [5.41, 5.74) is 0.470. The standard InChI is InChI=1S/C20H35F3O3Si/c1-13(2)27(14(3)4,15(5)6)26-19-10-8-7-9-16(19)11-17(19)18(24)25-12-20(21,22)23/h13-17H,7-12H2,1-6H3/t16-,17-,19+/m0/s1. The smallest absolute Gasteiger partial charge is 0.422 e. The van der Waals surface area contributed by atoms with Gasteiger partial charge in [0.1, 0.15) is 0 Å². The topological polar surface area (TPSA) is 35.5 Å². The molecule has 2 saturated carbocycles. The van der Waals surface area contributed by atoms with Crippen molar-refractivity contribution < 1.29 is 27.1 Å². The van der Waals surface area contributed by atoms with Crippen molar-refractivity contribution in [2.24, 2.45) is 11.8 Å². The van der Waals surface area contributed by atoms with E-state index in [2.05, 4.69) is 46.3 Å². The van der Waals surface area contributed by atoms with Crippen LogP contribution in [-0.2, 0) is 14.0 Å². The van der Waals surface area contributed by atoms with E-state index in [1.807, 2.05) is 0 Å². The van der Waals surface area contributed by atoms with Gasteiger partial charge in [0, 0.05) is 0 Å². The summed E-state index contributed by atoms with van der Waals surface area (Å²) in [6, 6.07) is 0. The van der Waals surface area contributed by atoms with Crippen molar-refractivity contribution in [3.05, 3.63) is 0 Å². The van der Waals surface area contributed by atoms with Crippen LogP contribution >= 0.6 is 0 Å². The third-order valence-corrected chi connectivity index (χ3v) is 13.1. The molecule has 0 saturated heterocycles. The summed E-state index contributed by atoms with van der Waals surface area (Å²) in [5, 5.41) is 0. The van der Waals surface area contributed by atoms with Crippen LogP contribution in [0.15, 0.2) is 0 Å². The molecular formula is C20H35F3O3Si. The van der Waals surface area contributed by atoms with E-state index < -0.39 is 38.6 Å². The summed E-state index contributed by atoms with van der Waals surface area (Å²) in [4.78, 5) is 12.5. The van der Waals surface area contributed by atoms with Crippen LogP contribution < -0.4 is 0 Å². The molecule has 0 radical (unpaired) electrons. The fraction of sp³-hybridized carbons (Fsp3) is 0.950. The molecule has 0 aromatic carbocycles. The van der Waals surface area contributed by atoms with E-state index in [0.29, 0.717) is 23.0 Å². The number of hydrogen-bond donors (Lipinski definition) is 0. The summed E-state index contributed by atoms with van der Waals surface area (Å²) in [6.07, 6.45) is -0.106. The van der Waals surface area contributed by atoms with Crippen molar-refractivity contribution in [1.29, 1.82) is 0 Å². The van der Waals surface area contributed by atoms with Crippen molar-refractivity contribution in [3.63, 3.8) is 0 Å². The van der Waals surface area contributed by atoms with E-state index in [4.69, 9.17) is 4.43 Å². The summed E-state index contributed by atoms with van der Waals surface area (Å²) in [7, 11) is -2.26. The lowest BCUT2D eigenvalue weighted by Crippen LogP contribution is -2.67. The Bertz CT molecular complexity index is 511. The third-order valence-electron chi connectivity index (χ3n) is 6.91. The predicted octanol–water partition coefficient (Wildman–Crippen LogP) is 6.23. The molecule has 3 atom stereocenters. The Labute approximate surface area is 162 Å². The number of hydrogen-bond acceptors (Lipinski definition) is 3. The zero-order valence-electron chi connectivity index (χ0n) is 17.5. The van der Waals surface area contributed by atoms with E-state index in [1.54, 1.807) is 0 Å². The maximum absolute atomic E-state index is 12.5. The molecule has 2 rings (SSSR count). The largest absolute Gasteiger partial charge is 0.456 e. The highest BCUT2D eigenvalue weighted by atomic mass is 28.4. The highest BCUT2D eigenvalue weighted by Gasteiger charge is 2.64. The van der Waals surface area contributed by atoms with E-state index in [0.717, 1.165) is 25.7 Å². The highest BCUT2D eigenvalue weighted by Crippen LogP contribution is 2.59. The Kier molecular flexibility index (Phi) is 6.78. The highest BCUT2D eigenvalue weighted by molar-refractivity contribution is 6.77. The summed E-state index contributed by atoms with van der Waals surface area (Å²) in [6.45, 7) is 11.6. The summed E-state index contributed by atoms with van der Waals surface area (Å²) >= 11 is 0. The van der Waals surface area contributed by atoms with Gasteiger partial charge in [-0.1, -0.05) is 54.4 Å². The van der Waals surface area contributed by atoms with Crippen molar-refractivity contribution in [1.82, 2.24) is 0 Å². The van der Waals surface area contributed by atoms with Crippen molar-refractivity contribution in [2.45, 2.75) is 102 Å². The molecule has 27 heavy (non-hydrogen) atoms. The number of ether oxygens (including phenoxy) is 1. The number of esters is 1. The summed E-state index contributed by atoms with van der Waals surface area (Å²) < 4.78 is 49.3. The quantitative estimate of drug-likeness (QED) is 0.370. The van der Waals surface area contributed by atoms with Crippen molar-refractivity contribution in [3.8, 4) is 0 Å². The molecule has 158 valence electrons. The average Bonchev–Trinajstić information content (AvgIpc) is 2.51. The van der Waals surface area contributed by atoms with E-state index in [1.165, 1.54) is 0 Å². The van der Waals surface area contributed by atoms with Gasteiger partial charge in [-0.3, -0.25) is 4.79 Å². The van der Waals surface area contributed by atoms with Crippen LogP contribution in [0.3, 0.4) is 0 Å². The molecule has 0 spiro atoms. The van der Waals surface area contributed by atoms with Gasteiger partial charge in [0.25, 0.3) is 0 Å². The maximum Gasteiger partial charge on any atom is 0.422 e. The number of carbonyl (C=O) groups excluding carboxylic acids is 1. The first-order valence-electron chi connectivity index (χ1n) is 10.3. The minimum atomic E-state index is -4.49. The molecule has 2 aliphatic rings. The molecule has 0 amide bonds. The fourth-order valence-corrected chi connectivity index (χ4v) is 11.6. The molecule has 2 fully saturated rings. The van der Waals surface area contributed by atoms with Crippen LogP contribution in [0.2, 0.25) is 16.6 Å². The first-order valence-corrected chi connectivity index (χ1v) is 12.4. The normalized spacial score (nSPS) is 29.0. The predicted molar refractivity (Wildman–Crippen MR) is 102 cm³/mol. The Morgan fingerprint density at radius 3 is 2.07 bits per heavy atom. The number of carbonyl (C=O) groups is 1. The molecule has 0 N–H and O–H groups in total. The van der Waals surface area contributed by atoms with Crippen LogP contribution in [0.25, 0.3) is 0 Å². The zero-order chi connectivity index (χ0) is 20.6. The van der Waals surface area contributed by atoms with Gasteiger partial charge >= 0.3 is 12.1 Å². The lowest BCUT2D eigenvalue weighted by atomic mass is 9.55. The van der Waals surface area contributed by atoms with E-state index >= 15 is 0 Å². The lowest BCUT2D eigenvalue weighted by Gasteiger charge is -2.62. The molecule has 0 aromatic rings. The fourth-order valence-electron chi connectivity index (χ4n) is 5.78. The molecule has 3 nitrogen and oxygen atoms in total. The summed E-state index contributed by atoms with van der Waals surface area (Å²) in [5.74, 6) is -1.03. The zero-order valence-corrected chi connectivity index (χ0v) is 18.5. The van der Waals surface area contributed by atoms with Crippen LogP contribution in [0, 0.1) is 11.8 Å². The lowest BCUT2D eigenvalue weighted by molar-refractivity contribution is -0.214. The van der Waals surface area contributed by atoms with Gasteiger partial charge in [0.15, 0.2) is 6.61 Å². The Morgan fingerprint density at radius 1 is 1.07 bits per heavy atom. The number of halogens is 3. The number of rotatable bonds is 7. The van der Waals surface area contributed by atoms with Crippen molar-refractivity contribution in [2.75, 3.05) is 6.61 Å². The number of fused-ring (bicyclic) bond motifs is 1. The first-order chi connectivity index (χ1) is 12.4. The van der Waals surface area contributed by atoms with Crippen LogP contribution in [0.4, 0.5) is 13.2 Å². The minimum absolute atomic E-state index is 0.262. The van der Waals surface area contributed by atoms with Gasteiger partial charge in [-0.05, 0) is 41.8 Å². The van der Waals surface area contributed by atoms with Gasteiger partial charge in [0.05, 0.1) is 11.5 Å². The van der Waals surface area contributed by atoms with Gasteiger partial charge in [-0.25, -0.2) is 0 Å². The van der Waals surface area contributed by atoms with Crippen LogP contribution in [0.5, 0.6) is 0 Å². The third kappa shape index (κ3) is 4.24. The second-order valence-electron chi connectivity index (χ2n) is 9.33. The Morgan fingerprint density at radius 2 is 1.63 bits per heavy atom. The molecule has 0 heterocycles. The molecule has 0 unspecified atom stereocenters. The number of alkyl halides is 3. The van der Waals surface area contributed by atoms with Gasteiger partial charge < -0.3 is 9.16 Å². The molecule has 7 heteroatoms. The SMILES string of the molecule is CC(C)[Si](O[C@]12CCCC[C@H]1C[C@H]2C(=O)OCC(F)(F)F)(C(C)C)C(C)C. The van der Waals surface area contributed by atoms with Gasteiger partial charge in [-0.15, -0.1) is 0 Å². The van der Waals surface area contributed by atoms with Gasteiger partial charge in [-0.2, -0.15) is 13.2 Å². The first kappa shape index (κ1) is 22.7. The molecule has 0 aliphatic heterocycles. The average molecular weight is 409 g/mol. The second-order valence-corrected chi connectivity index (χ2v) is 14.7. The van der Waals surface area contributed by atoms with Gasteiger partial charge in [0.2, 0.25) is 8.32 Å². The molecule has 0 aromatic heterocycles. The Balaban J connectivity index is 2.31. The minimum Gasteiger partial charge on any atom is -0.456 e. The monoisotopic (exact) mass is 408 g/mol. The second kappa shape index (κ2) is 8.05. The maximum atomic E-state index is 12.5. The molecular weight excluding hydrogens is 373 g/mol. The van der Waals surface area contributed by atoms with Crippen LogP contribution in [-0.4, -0.2) is 32.7 Å². The van der Waals surface area contributed by atoms with E-state index in [9.17, 15) is 18.0 Å². The van der Waals surface area contributed by atoms with Crippen LogP contribution in [0.1, 0.15) is 73.6 Å². The van der Waals surface area contributed by atoms with Crippen molar-refractivity contribution >= 4 is 14.3 Å². The van der Waals surface area contributed by atoms with E-state index in [-0.39, 0.29) is 5.92 Å². The Hall–Kier alpha value is -0.563. The molecule has 0 bridgehead atoms. The molecule has 2 aliphatic carbocycles.